The van der Waals surface area contributed by atoms with Gasteiger partial charge >= 0.3 is 0 Å². The summed E-state index contributed by atoms with van der Waals surface area (Å²) in [7, 11) is 1.77. The van der Waals surface area contributed by atoms with Gasteiger partial charge in [-0.2, -0.15) is 0 Å². The molecule has 3 N–H and O–H groups in total. The Balaban J connectivity index is 0.00000484. The Hall–Kier alpha value is -0.570. The molecule has 0 radical (unpaired) electrons. The predicted octanol–water partition coefficient (Wildman–Crippen LogP) is 1.42. The van der Waals surface area contributed by atoms with E-state index in [0.717, 1.165) is 19.0 Å². The van der Waals surface area contributed by atoms with Crippen LogP contribution in [-0.2, 0) is 4.79 Å². The smallest absolute Gasteiger partial charge is 0.225 e. The average Bonchev–Trinajstić information content (AvgIpc) is 2.92. The molecule has 0 saturated carbocycles. The van der Waals surface area contributed by atoms with Crippen molar-refractivity contribution >= 4 is 35.8 Å². The molecule has 23 heavy (non-hydrogen) atoms. The molecule has 0 aromatic rings. The number of carbonyl (C=O) groups excluding carboxylic acids is 1. The number of halogens is 1. The molecule has 6 nitrogen and oxygen atoms in total. The van der Waals surface area contributed by atoms with E-state index in [1.165, 1.54) is 19.4 Å². The summed E-state index contributed by atoms with van der Waals surface area (Å²) >= 11 is 0. The lowest BCUT2D eigenvalue weighted by Crippen LogP contribution is -2.47. The van der Waals surface area contributed by atoms with Gasteiger partial charge in [0.15, 0.2) is 5.96 Å². The van der Waals surface area contributed by atoms with Crippen molar-refractivity contribution in [3.63, 3.8) is 0 Å². The minimum absolute atomic E-state index is 0. The monoisotopic (exact) mass is 439 g/mol. The minimum atomic E-state index is -0.341. The van der Waals surface area contributed by atoms with Crippen LogP contribution in [0, 0.1) is 5.41 Å². The Morgan fingerprint density at radius 2 is 1.87 bits per heavy atom. The van der Waals surface area contributed by atoms with Crippen LogP contribution in [0.5, 0.6) is 0 Å². The number of hydrogen-bond donors (Lipinski definition) is 3. The van der Waals surface area contributed by atoms with Gasteiger partial charge in [0.25, 0.3) is 0 Å². The van der Waals surface area contributed by atoms with Crippen molar-refractivity contribution in [2.75, 3.05) is 39.8 Å². The van der Waals surface area contributed by atoms with Gasteiger partial charge in [0, 0.05) is 38.1 Å². The van der Waals surface area contributed by atoms with Crippen LogP contribution in [0.4, 0.5) is 0 Å². The Kier molecular flexibility index (Phi) is 10.8. The highest BCUT2D eigenvalue weighted by Crippen LogP contribution is 2.15. The predicted molar refractivity (Wildman–Crippen MR) is 108 cm³/mol. The maximum atomic E-state index is 11.8. The number of rotatable bonds is 6. The van der Waals surface area contributed by atoms with E-state index in [4.69, 9.17) is 0 Å². The number of likely N-dealkylation sites (N-methyl/N-ethyl adjacent to an activating group) is 1. The lowest BCUT2D eigenvalue weighted by molar-refractivity contribution is -0.128. The van der Waals surface area contributed by atoms with Gasteiger partial charge in [-0.3, -0.25) is 14.7 Å². The zero-order valence-electron chi connectivity index (χ0n) is 15.2. The van der Waals surface area contributed by atoms with Crippen molar-refractivity contribution in [2.24, 2.45) is 10.4 Å². The zero-order chi connectivity index (χ0) is 16.6. The summed E-state index contributed by atoms with van der Waals surface area (Å²) in [6, 6.07) is 0.601. The second-order valence-corrected chi connectivity index (χ2v) is 6.81. The Bertz CT molecular complexity index is 381. The number of carbonyl (C=O) groups is 1. The largest absolute Gasteiger partial charge is 0.355 e. The molecule has 1 atom stereocenters. The molecule has 7 heteroatoms. The van der Waals surface area contributed by atoms with E-state index in [-0.39, 0.29) is 35.3 Å². The van der Waals surface area contributed by atoms with Crippen molar-refractivity contribution in [2.45, 2.75) is 46.6 Å². The van der Waals surface area contributed by atoms with Crippen LogP contribution >= 0.6 is 24.0 Å². The number of nitrogens with zero attached hydrogens (tertiary/aromatic N) is 2. The lowest BCUT2D eigenvalue weighted by atomic mass is 9.96. The molecular weight excluding hydrogens is 405 g/mol. The number of hydrogen-bond acceptors (Lipinski definition) is 3. The third-order valence-electron chi connectivity index (χ3n) is 4.02. The molecule has 1 aliphatic heterocycles. The van der Waals surface area contributed by atoms with Crippen LogP contribution in [-0.4, -0.2) is 62.6 Å². The van der Waals surface area contributed by atoms with E-state index in [1.807, 2.05) is 20.8 Å². The second kappa shape index (κ2) is 11.1. The molecule has 0 aromatic carbocycles. The maximum Gasteiger partial charge on any atom is 0.225 e. The molecule has 136 valence electrons. The quantitative estimate of drug-likeness (QED) is 0.254. The van der Waals surface area contributed by atoms with Gasteiger partial charge in [0.1, 0.15) is 0 Å². The molecule has 0 spiro atoms. The first-order valence-electron chi connectivity index (χ1n) is 8.35. The zero-order valence-corrected chi connectivity index (χ0v) is 17.6. The molecule has 1 amide bonds. The van der Waals surface area contributed by atoms with E-state index in [2.05, 4.69) is 32.8 Å². The SMILES string of the molecule is CCN1CCCC1CNC(=NC)NCCNC(=O)C(C)(C)C.I. The molecule has 1 heterocycles. The van der Waals surface area contributed by atoms with Gasteiger partial charge in [-0.1, -0.05) is 27.7 Å². The number of aliphatic imine (C=N–C) groups is 1. The van der Waals surface area contributed by atoms with Gasteiger partial charge in [-0.25, -0.2) is 0 Å². The van der Waals surface area contributed by atoms with Gasteiger partial charge in [-0.15, -0.1) is 24.0 Å². The molecule has 1 fully saturated rings. The van der Waals surface area contributed by atoms with E-state index in [0.29, 0.717) is 19.1 Å². The molecule has 1 rings (SSSR count). The van der Waals surface area contributed by atoms with Crippen molar-refractivity contribution in [1.82, 2.24) is 20.9 Å². The standard InChI is InChI=1S/C16H33N5O.HI/c1-6-21-11-7-8-13(21)12-20-15(17-5)19-10-9-18-14(22)16(2,3)4;/h13H,6-12H2,1-5H3,(H,18,22)(H2,17,19,20);1H. The summed E-state index contributed by atoms with van der Waals surface area (Å²) in [5.74, 6) is 0.870. The number of guanidine groups is 1. The number of amides is 1. The Labute approximate surface area is 158 Å². The third-order valence-corrected chi connectivity index (χ3v) is 4.02. The van der Waals surface area contributed by atoms with Crippen LogP contribution in [0.3, 0.4) is 0 Å². The summed E-state index contributed by atoms with van der Waals surface area (Å²) in [4.78, 5) is 18.5. The highest BCUT2D eigenvalue weighted by Gasteiger charge is 2.23. The highest BCUT2D eigenvalue weighted by atomic mass is 127. The van der Waals surface area contributed by atoms with Crippen molar-refractivity contribution in [3.8, 4) is 0 Å². The van der Waals surface area contributed by atoms with Crippen LogP contribution in [0.1, 0.15) is 40.5 Å². The first-order valence-corrected chi connectivity index (χ1v) is 8.35. The number of likely N-dealkylation sites (tertiary alicyclic amines) is 1. The third kappa shape index (κ3) is 8.19. The van der Waals surface area contributed by atoms with E-state index < -0.39 is 0 Å². The number of nitrogens with one attached hydrogen (secondary N) is 3. The van der Waals surface area contributed by atoms with Gasteiger partial charge in [-0.05, 0) is 25.9 Å². The molecule has 0 bridgehead atoms. The Morgan fingerprint density at radius 1 is 1.22 bits per heavy atom. The summed E-state index contributed by atoms with van der Waals surface area (Å²) in [5.41, 5.74) is -0.341. The van der Waals surface area contributed by atoms with Crippen molar-refractivity contribution in [1.29, 1.82) is 0 Å². The fraction of sp³-hybridized carbons (Fsp3) is 0.875. The summed E-state index contributed by atoms with van der Waals surface area (Å²) in [6.07, 6.45) is 2.53. The summed E-state index contributed by atoms with van der Waals surface area (Å²) in [6.45, 7) is 12.5. The molecule has 0 aliphatic carbocycles. The van der Waals surface area contributed by atoms with Crippen LogP contribution in [0.25, 0.3) is 0 Å². The molecular formula is C16H34IN5O. The van der Waals surface area contributed by atoms with Gasteiger partial charge in [0.2, 0.25) is 5.91 Å². The van der Waals surface area contributed by atoms with Crippen LogP contribution in [0.2, 0.25) is 0 Å². The fourth-order valence-electron chi connectivity index (χ4n) is 2.60. The lowest BCUT2D eigenvalue weighted by Gasteiger charge is -2.24. The van der Waals surface area contributed by atoms with Gasteiger partial charge < -0.3 is 16.0 Å². The fourth-order valence-corrected chi connectivity index (χ4v) is 2.60. The van der Waals surface area contributed by atoms with Gasteiger partial charge in [0.05, 0.1) is 0 Å². The second-order valence-electron chi connectivity index (χ2n) is 6.81. The van der Waals surface area contributed by atoms with Crippen molar-refractivity contribution < 1.29 is 4.79 Å². The summed E-state index contributed by atoms with van der Waals surface area (Å²) < 4.78 is 0. The van der Waals surface area contributed by atoms with E-state index in [9.17, 15) is 4.79 Å². The van der Waals surface area contributed by atoms with Crippen LogP contribution in [0.15, 0.2) is 4.99 Å². The van der Waals surface area contributed by atoms with Crippen LogP contribution < -0.4 is 16.0 Å². The normalized spacial score (nSPS) is 19.2. The topological polar surface area (TPSA) is 68.8 Å². The average molecular weight is 439 g/mol. The highest BCUT2D eigenvalue weighted by molar-refractivity contribution is 14.0. The molecule has 1 saturated heterocycles. The van der Waals surface area contributed by atoms with Crippen molar-refractivity contribution in [3.05, 3.63) is 0 Å². The Morgan fingerprint density at radius 3 is 2.43 bits per heavy atom. The first kappa shape index (κ1) is 22.4. The van der Waals surface area contributed by atoms with E-state index in [1.54, 1.807) is 7.05 Å². The van der Waals surface area contributed by atoms with E-state index >= 15 is 0 Å². The summed E-state index contributed by atoms with van der Waals surface area (Å²) in [5, 5.41) is 9.54. The molecule has 1 unspecified atom stereocenters. The minimum Gasteiger partial charge on any atom is -0.355 e. The molecule has 0 aromatic heterocycles. The molecule has 1 aliphatic rings. The first-order chi connectivity index (χ1) is 10.4. The maximum absolute atomic E-state index is 11.8.